The molecule has 0 aliphatic carbocycles. The molecular formula is C21H27N3O2. The van der Waals surface area contributed by atoms with Crippen molar-refractivity contribution in [2.24, 2.45) is 11.3 Å². The number of nitrogens with zero attached hydrogens (tertiary/aromatic N) is 3. The van der Waals surface area contributed by atoms with Crippen molar-refractivity contribution >= 4 is 11.4 Å². The number of piperidine rings is 1. The molecule has 1 aromatic carbocycles. The fourth-order valence-corrected chi connectivity index (χ4v) is 3.65. The Bertz CT molecular complexity index is 856. The second-order valence-corrected chi connectivity index (χ2v) is 8.04. The number of anilines is 1. The normalized spacial score (nSPS) is 15.9. The first-order chi connectivity index (χ1) is 12.3. The SMILES string of the molecule is C=C(O)c1nn(-c2ccccc2N2CCC(C(C)(C)C)CC2)ccc1=O. The Kier molecular flexibility index (Phi) is 4.90. The van der Waals surface area contributed by atoms with Gasteiger partial charge in [-0.3, -0.25) is 4.79 Å². The van der Waals surface area contributed by atoms with E-state index in [2.05, 4.69) is 43.4 Å². The molecule has 1 aliphatic rings. The Morgan fingerprint density at radius 3 is 2.35 bits per heavy atom. The van der Waals surface area contributed by atoms with Gasteiger partial charge in [0.05, 0.1) is 11.4 Å². The van der Waals surface area contributed by atoms with Crippen LogP contribution in [-0.4, -0.2) is 28.0 Å². The summed E-state index contributed by atoms with van der Waals surface area (Å²) in [5.41, 5.74) is 1.96. The first-order valence-electron chi connectivity index (χ1n) is 9.10. The summed E-state index contributed by atoms with van der Waals surface area (Å²) >= 11 is 0. The summed E-state index contributed by atoms with van der Waals surface area (Å²) in [6.45, 7) is 12.4. The van der Waals surface area contributed by atoms with Crippen LogP contribution in [0.5, 0.6) is 0 Å². The van der Waals surface area contributed by atoms with Crippen LogP contribution >= 0.6 is 0 Å². The van der Waals surface area contributed by atoms with Crippen LogP contribution in [-0.2, 0) is 0 Å². The molecule has 1 N–H and O–H groups in total. The molecule has 138 valence electrons. The third-order valence-corrected chi connectivity index (χ3v) is 5.27. The van der Waals surface area contributed by atoms with E-state index in [-0.39, 0.29) is 16.9 Å². The highest BCUT2D eigenvalue weighted by Gasteiger charge is 2.29. The van der Waals surface area contributed by atoms with Crippen LogP contribution in [0.25, 0.3) is 11.4 Å². The number of aliphatic hydroxyl groups is 1. The maximum Gasteiger partial charge on any atom is 0.211 e. The van der Waals surface area contributed by atoms with Crippen molar-refractivity contribution in [3.8, 4) is 5.69 Å². The Labute approximate surface area is 154 Å². The standard InChI is InChI=1S/C21H27N3O2/c1-15(25)20-19(26)11-14-24(22-20)18-8-6-5-7-17(18)23-12-9-16(10-13-23)21(2,3)4/h5-8,11,14,16,25H,1,9-10,12-13H2,2-4H3. The van der Waals surface area contributed by atoms with E-state index in [0.717, 1.165) is 43.2 Å². The van der Waals surface area contributed by atoms with Crippen LogP contribution in [0.2, 0.25) is 0 Å². The van der Waals surface area contributed by atoms with Crippen molar-refractivity contribution in [3.63, 3.8) is 0 Å². The maximum absolute atomic E-state index is 11.9. The molecule has 0 atom stereocenters. The highest BCUT2D eigenvalue weighted by atomic mass is 16.3. The minimum absolute atomic E-state index is 0.0197. The van der Waals surface area contributed by atoms with Gasteiger partial charge in [0.25, 0.3) is 0 Å². The lowest BCUT2D eigenvalue weighted by molar-refractivity contribution is 0.199. The van der Waals surface area contributed by atoms with Crippen LogP contribution in [0.3, 0.4) is 0 Å². The van der Waals surface area contributed by atoms with Gasteiger partial charge in [-0.1, -0.05) is 39.5 Å². The molecule has 0 unspecified atom stereocenters. The van der Waals surface area contributed by atoms with Crippen molar-refractivity contribution in [2.45, 2.75) is 33.6 Å². The smallest absolute Gasteiger partial charge is 0.211 e. The zero-order valence-corrected chi connectivity index (χ0v) is 15.8. The van der Waals surface area contributed by atoms with Gasteiger partial charge in [0.15, 0.2) is 5.69 Å². The van der Waals surface area contributed by atoms with E-state index in [4.69, 9.17) is 0 Å². The van der Waals surface area contributed by atoms with Crippen molar-refractivity contribution in [3.05, 3.63) is 59.0 Å². The highest BCUT2D eigenvalue weighted by molar-refractivity contribution is 5.63. The van der Waals surface area contributed by atoms with Crippen molar-refractivity contribution in [1.82, 2.24) is 9.78 Å². The maximum atomic E-state index is 11.9. The molecule has 3 rings (SSSR count). The molecule has 2 heterocycles. The molecule has 0 amide bonds. The molecule has 1 aliphatic heterocycles. The van der Waals surface area contributed by atoms with Crippen LogP contribution in [0.4, 0.5) is 5.69 Å². The Hall–Kier alpha value is -2.56. The molecule has 0 saturated carbocycles. The molecule has 2 aromatic rings. The summed E-state index contributed by atoms with van der Waals surface area (Å²) in [5, 5.41) is 13.9. The number of aromatic nitrogens is 2. The van der Waals surface area contributed by atoms with Gasteiger partial charge in [-0.25, -0.2) is 4.68 Å². The van der Waals surface area contributed by atoms with Gasteiger partial charge in [-0.15, -0.1) is 0 Å². The first-order valence-corrected chi connectivity index (χ1v) is 9.10. The fourth-order valence-electron chi connectivity index (χ4n) is 3.65. The van der Waals surface area contributed by atoms with Gasteiger partial charge in [0.1, 0.15) is 5.76 Å². The van der Waals surface area contributed by atoms with Crippen LogP contribution in [0.1, 0.15) is 39.3 Å². The molecule has 5 heteroatoms. The summed E-state index contributed by atoms with van der Waals surface area (Å²) < 4.78 is 1.64. The molecule has 5 nitrogen and oxygen atoms in total. The summed E-state index contributed by atoms with van der Waals surface area (Å²) in [5.74, 6) is 0.411. The van der Waals surface area contributed by atoms with Crippen molar-refractivity contribution < 1.29 is 5.11 Å². The molecule has 1 saturated heterocycles. The van der Waals surface area contributed by atoms with Crippen molar-refractivity contribution in [2.75, 3.05) is 18.0 Å². The molecule has 26 heavy (non-hydrogen) atoms. The quantitative estimate of drug-likeness (QED) is 0.847. The topological polar surface area (TPSA) is 58.4 Å². The average Bonchev–Trinajstić information content (AvgIpc) is 2.61. The number of hydrogen-bond donors (Lipinski definition) is 1. The number of hydrogen-bond acceptors (Lipinski definition) is 4. The fraction of sp³-hybridized carbons (Fsp3) is 0.429. The number of para-hydroxylation sites is 2. The molecule has 0 radical (unpaired) electrons. The van der Waals surface area contributed by atoms with Crippen molar-refractivity contribution in [1.29, 1.82) is 0 Å². The van der Waals surface area contributed by atoms with Crippen LogP contribution < -0.4 is 10.3 Å². The zero-order valence-electron chi connectivity index (χ0n) is 15.8. The van der Waals surface area contributed by atoms with Gasteiger partial charge < -0.3 is 10.0 Å². The summed E-state index contributed by atoms with van der Waals surface area (Å²) in [6, 6.07) is 9.44. The summed E-state index contributed by atoms with van der Waals surface area (Å²) in [7, 11) is 0. The van der Waals surface area contributed by atoms with E-state index in [1.165, 1.54) is 6.07 Å². The second kappa shape index (κ2) is 6.98. The predicted octanol–water partition coefficient (Wildman–Crippen LogP) is 4.02. The number of benzene rings is 1. The van der Waals surface area contributed by atoms with Gasteiger partial charge in [-0.05, 0) is 36.3 Å². The van der Waals surface area contributed by atoms with Gasteiger partial charge in [-0.2, -0.15) is 5.10 Å². The molecule has 1 aromatic heterocycles. The monoisotopic (exact) mass is 353 g/mol. The third kappa shape index (κ3) is 3.66. The lowest BCUT2D eigenvalue weighted by atomic mass is 9.75. The van der Waals surface area contributed by atoms with Crippen LogP contribution in [0, 0.1) is 11.3 Å². The largest absolute Gasteiger partial charge is 0.506 e. The van der Waals surface area contributed by atoms with E-state index >= 15 is 0 Å². The van der Waals surface area contributed by atoms with Gasteiger partial charge >= 0.3 is 0 Å². The van der Waals surface area contributed by atoms with E-state index in [1.807, 2.05) is 18.2 Å². The second-order valence-electron chi connectivity index (χ2n) is 8.04. The van der Waals surface area contributed by atoms with Gasteiger partial charge in [0.2, 0.25) is 5.43 Å². The lowest BCUT2D eigenvalue weighted by Crippen LogP contribution is -2.38. The molecule has 1 fully saturated rings. The van der Waals surface area contributed by atoms with Crippen LogP contribution in [0.15, 0.2) is 47.9 Å². The third-order valence-electron chi connectivity index (χ3n) is 5.27. The summed E-state index contributed by atoms with van der Waals surface area (Å²) in [4.78, 5) is 14.2. The Balaban J connectivity index is 1.92. The van der Waals surface area contributed by atoms with E-state index in [9.17, 15) is 9.90 Å². The zero-order chi connectivity index (χ0) is 18.9. The van der Waals surface area contributed by atoms with E-state index in [0.29, 0.717) is 5.41 Å². The molecular weight excluding hydrogens is 326 g/mol. The molecule has 0 bridgehead atoms. The summed E-state index contributed by atoms with van der Waals surface area (Å²) in [6.07, 6.45) is 3.96. The van der Waals surface area contributed by atoms with E-state index in [1.54, 1.807) is 10.9 Å². The number of aliphatic hydroxyl groups excluding tert-OH is 1. The first kappa shape index (κ1) is 18.2. The highest BCUT2D eigenvalue weighted by Crippen LogP contribution is 2.36. The Morgan fingerprint density at radius 1 is 1.15 bits per heavy atom. The molecule has 0 spiro atoms. The minimum atomic E-state index is -0.336. The van der Waals surface area contributed by atoms with E-state index < -0.39 is 0 Å². The Morgan fingerprint density at radius 2 is 1.77 bits per heavy atom. The van der Waals surface area contributed by atoms with Gasteiger partial charge in [0, 0.05) is 25.4 Å². The average molecular weight is 353 g/mol. The lowest BCUT2D eigenvalue weighted by Gasteiger charge is -2.40. The predicted molar refractivity (Wildman–Crippen MR) is 106 cm³/mol. The minimum Gasteiger partial charge on any atom is -0.506 e. The number of rotatable bonds is 3.